The van der Waals surface area contributed by atoms with Crippen molar-refractivity contribution < 1.29 is 23.2 Å². The van der Waals surface area contributed by atoms with Gasteiger partial charge in [-0.1, -0.05) is 29.8 Å². The minimum Gasteiger partial charge on any atom is -0.348 e. The summed E-state index contributed by atoms with van der Waals surface area (Å²) in [6, 6.07) is 12.4. The van der Waals surface area contributed by atoms with Crippen LogP contribution in [0.5, 0.6) is 0 Å². The van der Waals surface area contributed by atoms with Gasteiger partial charge >= 0.3 is 0 Å². The molecule has 1 atom stereocenters. The molecule has 3 N–H and O–H groups in total. The van der Waals surface area contributed by atoms with Gasteiger partial charge in [-0.15, -0.1) is 0 Å². The number of carbonyl (C=O) groups excluding carboxylic acids is 2. The van der Waals surface area contributed by atoms with Crippen LogP contribution in [0.1, 0.15) is 32.7 Å². The molecule has 0 aliphatic carbocycles. The van der Waals surface area contributed by atoms with Gasteiger partial charge in [0.1, 0.15) is 0 Å². The predicted molar refractivity (Wildman–Crippen MR) is 102 cm³/mol. The lowest BCUT2D eigenvalue weighted by atomic mass is 10.1. The van der Waals surface area contributed by atoms with E-state index in [9.17, 15) is 18.0 Å². The van der Waals surface area contributed by atoms with Crippen molar-refractivity contribution in [3.63, 3.8) is 0 Å². The van der Waals surface area contributed by atoms with Crippen molar-refractivity contribution in [2.45, 2.75) is 24.3 Å². The van der Waals surface area contributed by atoms with Crippen LogP contribution in [0.2, 0.25) is 0 Å². The second-order valence-electron chi connectivity index (χ2n) is 6.63. The number of nitrogens with one attached hydrogen (secondary N) is 2. The van der Waals surface area contributed by atoms with E-state index in [2.05, 4.69) is 5.32 Å². The molecule has 0 bridgehead atoms. The summed E-state index contributed by atoms with van der Waals surface area (Å²) in [4.78, 5) is 24.0. The maximum Gasteiger partial charge on any atom is 0.276 e. The fourth-order valence-electron chi connectivity index (χ4n) is 3.12. The fourth-order valence-corrected chi connectivity index (χ4v) is 4.81. The Hall–Kier alpha value is -2.75. The van der Waals surface area contributed by atoms with Gasteiger partial charge in [0, 0.05) is 24.7 Å². The van der Waals surface area contributed by atoms with Crippen LogP contribution in [0.25, 0.3) is 0 Å². The van der Waals surface area contributed by atoms with E-state index in [0.717, 1.165) is 5.56 Å². The Bertz CT molecular complexity index is 989. The molecule has 1 aliphatic heterocycles. The highest BCUT2D eigenvalue weighted by Crippen LogP contribution is 2.24. The van der Waals surface area contributed by atoms with Crippen molar-refractivity contribution in [1.82, 2.24) is 15.1 Å². The fraction of sp³-hybridized carbons (Fsp3) is 0.263. The van der Waals surface area contributed by atoms with Gasteiger partial charge in [-0.05, 0) is 37.6 Å². The van der Waals surface area contributed by atoms with Gasteiger partial charge in [0.25, 0.3) is 11.8 Å². The third-order valence-electron chi connectivity index (χ3n) is 4.65. The minimum absolute atomic E-state index is 0.106. The topological polar surface area (TPSA) is 116 Å². The van der Waals surface area contributed by atoms with Crippen LogP contribution in [0.3, 0.4) is 0 Å². The number of aryl methyl sites for hydroxylation is 1. The normalized spacial score (nSPS) is 17.3. The zero-order chi connectivity index (χ0) is 20.3. The molecule has 2 aromatic rings. The minimum atomic E-state index is -3.95. The van der Waals surface area contributed by atoms with Crippen molar-refractivity contribution in [3.8, 4) is 0 Å². The van der Waals surface area contributed by atoms with Crippen molar-refractivity contribution in [2.24, 2.45) is 0 Å². The number of hydrogen-bond acceptors (Lipinski definition) is 5. The monoisotopic (exact) mass is 403 g/mol. The standard InChI is InChI=1S/C19H21N3O5S/c1-13-6-8-14(9-7-13)18(23)20-15-10-11-22(12-15)28(26,27)17-5-3-2-4-16(17)19(24)21-25/h2-9,15,25H,10-12H2,1H3,(H,20,23)(H,21,24). The highest BCUT2D eigenvalue weighted by atomic mass is 32.2. The maximum atomic E-state index is 13.0. The first-order valence-electron chi connectivity index (χ1n) is 8.74. The van der Waals surface area contributed by atoms with E-state index in [1.165, 1.54) is 34.1 Å². The summed E-state index contributed by atoms with van der Waals surface area (Å²) in [7, 11) is -3.95. The molecule has 28 heavy (non-hydrogen) atoms. The predicted octanol–water partition coefficient (Wildman–Crippen LogP) is 1.31. The zero-order valence-electron chi connectivity index (χ0n) is 15.3. The Kier molecular flexibility index (Phi) is 5.78. The number of benzene rings is 2. The van der Waals surface area contributed by atoms with Crippen LogP contribution in [0.15, 0.2) is 53.4 Å². The van der Waals surface area contributed by atoms with Crippen LogP contribution < -0.4 is 10.8 Å². The van der Waals surface area contributed by atoms with E-state index < -0.39 is 15.9 Å². The van der Waals surface area contributed by atoms with Gasteiger partial charge in [-0.3, -0.25) is 14.8 Å². The maximum absolute atomic E-state index is 13.0. The van der Waals surface area contributed by atoms with Crippen LogP contribution in [-0.2, 0) is 10.0 Å². The number of carbonyl (C=O) groups is 2. The molecule has 1 heterocycles. The number of rotatable bonds is 5. The summed E-state index contributed by atoms with van der Waals surface area (Å²) in [6.07, 6.45) is 0.463. The molecule has 1 aliphatic rings. The Labute approximate surface area is 163 Å². The Balaban J connectivity index is 1.73. The Morgan fingerprint density at radius 2 is 1.75 bits per heavy atom. The summed E-state index contributed by atoms with van der Waals surface area (Å²) in [5.74, 6) is -1.16. The Morgan fingerprint density at radius 3 is 2.43 bits per heavy atom. The molecule has 0 saturated carbocycles. The largest absolute Gasteiger partial charge is 0.348 e. The molecule has 1 unspecified atom stereocenters. The average Bonchev–Trinajstić information content (AvgIpc) is 3.17. The molecular weight excluding hydrogens is 382 g/mol. The molecular formula is C19H21N3O5S. The van der Waals surface area contributed by atoms with Crippen molar-refractivity contribution >= 4 is 21.8 Å². The number of hydrogen-bond donors (Lipinski definition) is 3. The van der Waals surface area contributed by atoms with E-state index >= 15 is 0 Å². The molecule has 3 rings (SSSR count). The van der Waals surface area contributed by atoms with Crippen molar-refractivity contribution in [3.05, 3.63) is 65.2 Å². The molecule has 8 nitrogen and oxygen atoms in total. The van der Waals surface area contributed by atoms with E-state index in [1.54, 1.807) is 12.1 Å². The van der Waals surface area contributed by atoms with E-state index in [-0.39, 0.29) is 35.5 Å². The molecule has 2 aromatic carbocycles. The van der Waals surface area contributed by atoms with Gasteiger partial charge in [-0.2, -0.15) is 4.31 Å². The van der Waals surface area contributed by atoms with Gasteiger partial charge in [0.05, 0.1) is 10.5 Å². The first kappa shape index (κ1) is 20.0. The van der Waals surface area contributed by atoms with Crippen LogP contribution >= 0.6 is 0 Å². The molecule has 0 radical (unpaired) electrons. The Morgan fingerprint density at radius 1 is 1.07 bits per heavy atom. The number of sulfonamides is 1. The molecule has 148 valence electrons. The van der Waals surface area contributed by atoms with Crippen LogP contribution in [-0.4, -0.2) is 48.9 Å². The third-order valence-corrected chi connectivity index (χ3v) is 6.57. The van der Waals surface area contributed by atoms with Gasteiger partial charge in [0.15, 0.2) is 0 Å². The van der Waals surface area contributed by atoms with Crippen molar-refractivity contribution in [2.75, 3.05) is 13.1 Å². The van der Waals surface area contributed by atoms with Gasteiger partial charge < -0.3 is 5.32 Å². The second kappa shape index (κ2) is 8.09. The lowest BCUT2D eigenvalue weighted by molar-refractivity contribution is 0.0702. The van der Waals surface area contributed by atoms with Crippen LogP contribution in [0, 0.1) is 6.92 Å². The molecule has 0 spiro atoms. The summed E-state index contributed by atoms with van der Waals surface area (Å²) in [5.41, 5.74) is 2.87. The molecule has 9 heteroatoms. The van der Waals surface area contributed by atoms with Crippen molar-refractivity contribution in [1.29, 1.82) is 0 Å². The summed E-state index contributed by atoms with van der Waals surface area (Å²) in [5, 5.41) is 11.7. The van der Waals surface area contributed by atoms with Crippen LogP contribution in [0.4, 0.5) is 0 Å². The van der Waals surface area contributed by atoms with E-state index in [1.807, 2.05) is 19.1 Å². The van der Waals surface area contributed by atoms with E-state index in [0.29, 0.717) is 12.0 Å². The smallest absolute Gasteiger partial charge is 0.276 e. The third kappa shape index (κ3) is 4.06. The van der Waals surface area contributed by atoms with Gasteiger partial charge in [0.2, 0.25) is 10.0 Å². The molecule has 0 aromatic heterocycles. The quantitative estimate of drug-likeness (QED) is 0.514. The lowest BCUT2D eigenvalue weighted by Crippen LogP contribution is -2.38. The highest BCUT2D eigenvalue weighted by molar-refractivity contribution is 7.89. The number of nitrogens with zero attached hydrogens (tertiary/aromatic N) is 1. The average molecular weight is 403 g/mol. The first-order chi connectivity index (χ1) is 13.3. The lowest BCUT2D eigenvalue weighted by Gasteiger charge is -2.18. The molecule has 2 amide bonds. The molecule has 1 fully saturated rings. The second-order valence-corrected chi connectivity index (χ2v) is 8.53. The first-order valence-corrected chi connectivity index (χ1v) is 10.2. The summed E-state index contributed by atoms with van der Waals surface area (Å²) in [6.45, 7) is 2.25. The SMILES string of the molecule is Cc1ccc(C(=O)NC2CCN(S(=O)(=O)c3ccccc3C(=O)NO)C2)cc1. The van der Waals surface area contributed by atoms with E-state index in [4.69, 9.17) is 5.21 Å². The summed E-state index contributed by atoms with van der Waals surface area (Å²) < 4.78 is 27.2. The summed E-state index contributed by atoms with van der Waals surface area (Å²) >= 11 is 0. The highest BCUT2D eigenvalue weighted by Gasteiger charge is 2.35. The number of amides is 2. The number of hydroxylamine groups is 1. The zero-order valence-corrected chi connectivity index (χ0v) is 16.1. The van der Waals surface area contributed by atoms with Gasteiger partial charge in [-0.25, -0.2) is 13.9 Å². The molecule has 1 saturated heterocycles.